The van der Waals surface area contributed by atoms with Crippen molar-refractivity contribution in [3.8, 4) is 6.07 Å². The number of alkyl halides is 3. The van der Waals surface area contributed by atoms with Crippen molar-refractivity contribution in [1.29, 1.82) is 5.26 Å². The third-order valence-electron chi connectivity index (χ3n) is 7.36. The van der Waals surface area contributed by atoms with Crippen LogP contribution in [0.4, 0.5) is 24.7 Å². The van der Waals surface area contributed by atoms with Gasteiger partial charge in [0.2, 0.25) is 0 Å². The van der Waals surface area contributed by atoms with E-state index in [1.807, 2.05) is 11.0 Å². The van der Waals surface area contributed by atoms with Crippen LogP contribution in [0.1, 0.15) is 60.0 Å². The standard InChI is InChI=1S/C28H32F3N5O2/c1-35-9-3-4-20(18-35)13-24(37)12-19-7-10-36(11-8-19)26-25(14-21(16-32)17-33-26)34-27(38)22-5-2-6-23(15-22)28(29,30)31/h2,5-6,14-15,17,19-20H,3-4,7-13,18H2,1H3,(H,34,38)/t20-/m0/s1. The molecule has 1 aromatic carbocycles. The largest absolute Gasteiger partial charge is 0.416 e. The molecule has 2 aliphatic heterocycles. The summed E-state index contributed by atoms with van der Waals surface area (Å²) in [4.78, 5) is 34.2. The number of piperidine rings is 2. The molecule has 0 unspecified atom stereocenters. The molecule has 2 fully saturated rings. The van der Waals surface area contributed by atoms with E-state index in [0.717, 1.165) is 50.9 Å². The Labute approximate surface area is 220 Å². The van der Waals surface area contributed by atoms with Gasteiger partial charge < -0.3 is 15.1 Å². The van der Waals surface area contributed by atoms with E-state index in [4.69, 9.17) is 0 Å². The van der Waals surface area contributed by atoms with Crippen LogP contribution in [-0.2, 0) is 11.0 Å². The molecular weight excluding hydrogens is 495 g/mol. The number of nitriles is 1. The fraction of sp³-hybridized carbons (Fsp3) is 0.500. The minimum Gasteiger partial charge on any atom is -0.355 e. The first-order valence-corrected chi connectivity index (χ1v) is 13.0. The van der Waals surface area contributed by atoms with Gasteiger partial charge in [-0.3, -0.25) is 9.59 Å². The van der Waals surface area contributed by atoms with Gasteiger partial charge in [-0.25, -0.2) is 4.98 Å². The summed E-state index contributed by atoms with van der Waals surface area (Å²) in [6.45, 7) is 3.31. The molecule has 0 aliphatic carbocycles. The number of Topliss-reactive ketones (excluding diaryl/α,β-unsaturated/α-hetero) is 1. The van der Waals surface area contributed by atoms with Crippen molar-refractivity contribution in [2.75, 3.05) is 43.4 Å². The molecule has 0 bridgehead atoms. The van der Waals surface area contributed by atoms with Crippen LogP contribution in [0.2, 0.25) is 0 Å². The van der Waals surface area contributed by atoms with Crippen molar-refractivity contribution in [2.24, 2.45) is 11.8 Å². The van der Waals surface area contributed by atoms with Crippen molar-refractivity contribution in [1.82, 2.24) is 9.88 Å². The van der Waals surface area contributed by atoms with Gasteiger partial charge in [0.15, 0.2) is 5.82 Å². The zero-order valence-corrected chi connectivity index (χ0v) is 21.4. The molecule has 38 heavy (non-hydrogen) atoms. The number of aromatic nitrogens is 1. The number of benzene rings is 1. The summed E-state index contributed by atoms with van der Waals surface area (Å²) < 4.78 is 39.3. The Balaban J connectivity index is 1.39. The smallest absolute Gasteiger partial charge is 0.355 e. The van der Waals surface area contributed by atoms with E-state index in [2.05, 4.69) is 22.2 Å². The van der Waals surface area contributed by atoms with Crippen molar-refractivity contribution in [3.63, 3.8) is 0 Å². The number of nitrogens with one attached hydrogen (secondary N) is 1. The molecule has 2 aliphatic rings. The molecule has 10 heteroatoms. The first kappa shape index (κ1) is 27.6. The van der Waals surface area contributed by atoms with E-state index in [0.29, 0.717) is 43.5 Å². The molecule has 3 heterocycles. The summed E-state index contributed by atoms with van der Waals surface area (Å²) in [6, 6.07) is 7.65. The lowest BCUT2D eigenvalue weighted by Crippen LogP contribution is -2.36. The van der Waals surface area contributed by atoms with Gasteiger partial charge in [-0.1, -0.05) is 6.07 Å². The molecule has 1 amide bonds. The highest BCUT2D eigenvalue weighted by atomic mass is 19.4. The number of amides is 1. The van der Waals surface area contributed by atoms with Crippen LogP contribution in [0.25, 0.3) is 0 Å². The lowest BCUT2D eigenvalue weighted by atomic mass is 9.86. The Hall–Kier alpha value is -3.45. The second kappa shape index (κ2) is 11.9. The quantitative estimate of drug-likeness (QED) is 0.537. The normalized spacial score (nSPS) is 19.1. The molecule has 2 saturated heterocycles. The second-order valence-electron chi connectivity index (χ2n) is 10.4. The molecular formula is C28H32F3N5O2. The zero-order valence-electron chi connectivity index (χ0n) is 21.4. The minimum absolute atomic E-state index is 0.144. The van der Waals surface area contributed by atoms with Crippen LogP contribution in [0.15, 0.2) is 36.5 Å². The number of hydrogen-bond donors (Lipinski definition) is 1. The van der Waals surface area contributed by atoms with Gasteiger partial charge in [-0.05, 0) is 75.4 Å². The van der Waals surface area contributed by atoms with Gasteiger partial charge in [0.1, 0.15) is 11.9 Å². The number of carbonyl (C=O) groups excluding carboxylic acids is 2. The van der Waals surface area contributed by atoms with E-state index in [9.17, 15) is 28.0 Å². The Morgan fingerprint density at radius 3 is 2.53 bits per heavy atom. The maximum Gasteiger partial charge on any atom is 0.416 e. The highest BCUT2D eigenvalue weighted by Crippen LogP contribution is 2.32. The number of halogens is 3. The second-order valence-corrected chi connectivity index (χ2v) is 10.4. The van der Waals surface area contributed by atoms with Crippen LogP contribution in [0.3, 0.4) is 0 Å². The molecule has 1 N–H and O–H groups in total. The molecule has 202 valence electrons. The molecule has 0 spiro atoms. The fourth-order valence-electron chi connectivity index (χ4n) is 5.41. The van der Waals surface area contributed by atoms with E-state index < -0.39 is 17.6 Å². The summed E-state index contributed by atoms with van der Waals surface area (Å²) in [7, 11) is 2.10. The van der Waals surface area contributed by atoms with Gasteiger partial charge in [-0.15, -0.1) is 0 Å². The summed E-state index contributed by atoms with van der Waals surface area (Å²) in [5, 5.41) is 12.0. The molecule has 0 saturated carbocycles. The SMILES string of the molecule is CN1CCC[C@@H](CC(=O)CC2CCN(c3ncc(C#N)cc3NC(=O)c3cccc(C(F)(F)F)c3)CC2)C1. The number of likely N-dealkylation sites (tertiary alicyclic amines) is 1. The first-order chi connectivity index (χ1) is 18.1. The maximum absolute atomic E-state index is 13.1. The molecule has 1 aromatic heterocycles. The monoisotopic (exact) mass is 527 g/mol. The molecule has 0 radical (unpaired) electrons. The Bertz CT molecular complexity index is 1200. The summed E-state index contributed by atoms with van der Waals surface area (Å²) >= 11 is 0. The predicted octanol–water partition coefficient (Wildman–Crippen LogP) is 5.13. The molecule has 2 aromatic rings. The Morgan fingerprint density at radius 2 is 1.84 bits per heavy atom. The van der Waals surface area contributed by atoms with Crippen LogP contribution < -0.4 is 10.2 Å². The lowest BCUT2D eigenvalue weighted by Gasteiger charge is -2.34. The average molecular weight is 528 g/mol. The van der Waals surface area contributed by atoms with Gasteiger partial charge in [0.25, 0.3) is 5.91 Å². The molecule has 7 nitrogen and oxygen atoms in total. The van der Waals surface area contributed by atoms with Gasteiger partial charge in [0, 0.05) is 44.2 Å². The van der Waals surface area contributed by atoms with E-state index in [-0.39, 0.29) is 22.7 Å². The Kier molecular flexibility index (Phi) is 8.67. The van der Waals surface area contributed by atoms with Crippen molar-refractivity contribution in [2.45, 2.75) is 44.7 Å². The average Bonchev–Trinajstić information content (AvgIpc) is 2.88. The summed E-state index contributed by atoms with van der Waals surface area (Å²) in [5.41, 5.74) is -0.569. The van der Waals surface area contributed by atoms with Gasteiger partial charge in [-0.2, -0.15) is 18.4 Å². The van der Waals surface area contributed by atoms with Crippen LogP contribution >= 0.6 is 0 Å². The fourth-order valence-corrected chi connectivity index (χ4v) is 5.41. The van der Waals surface area contributed by atoms with Crippen molar-refractivity contribution in [3.05, 3.63) is 53.2 Å². The summed E-state index contributed by atoms with van der Waals surface area (Å²) in [5.74, 6) is 0.769. The van der Waals surface area contributed by atoms with Crippen molar-refractivity contribution < 1.29 is 22.8 Å². The number of pyridine rings is 1. The lowest BCUT2D eigenvalue weighted by molar-refractivity contribution is -0.137. The number of carbonyl (C=O) groups is 2. The molecule has 4 rings (SSSR count). The minimum atomic E-state index is -4.57. The summed E-state index contributed by atoms with van der Waals surface area (Å²) in [6.07, 6.45) is 1.86. The van der Waals surface area contributed by atoms with Crippen LogP contribution in [0.5, 0.6) is 0 Å². The third kappa shape index (κ3) is 7.10. The molecule has 1 atom stereocenters. The van der Waals surface area contributed by atoms with E-state index in [1.54, 1.807) is 0 Å². The maximum atomic E-state index is 13.1. The zero-order chi connectivity index (χ0) is 27.3. The third-order valence-corrected chi connectivity index (χ3v) is 7.36. The van der Waals surface area contributed by atoms with Gasteiger partial charge >= 0.3 is 6.18 Å². The van der Waals surface area contributed by atoms with Crippen LogP contribution in [0, 0.1) is 23.2 Å². The first-order valence-electron chi connectivity index (χ1n) is 13.0. The number of hydrogen-bond acceptors (Lipinski definition) is 6. The number of nitrogens with zero attached hydrogens (tertiary/aromatic N) is 4. The predicted molar refractivity (Wildman–Crippen MR) is 138 cm³/mol. The van der Waals surface area contributed by atoms with Gasteiger partial charge in [0.05, 0.1) is 16.8 Å². The van der Waals surface area contributed by atoms with E-state index >= 15 is 0 Å². The highest BCUT2D eigenvalue weighted by Gasteiger charge is 2.31. The number of ketones is 1. The topological polar surface area (TPSA) is 89.3 Å². The number of rotatable bonds is 7. The Morgan fingerprint density at radius 1 is 1.11 bits per heavy atom. The number of anilines is 2. The van der Waals surface area contributed by atoms with Crippen molar-refractivity contribution >= 4 is 23.2 Å². The highest BCUT2D eigenvalue weighted by molar-refractivity contribution is 6.05. The van der Waals surface area contributed by atoms with Crippen LogP contribution in [-0.4, -0.2) is 54.8 Å². The van der Waals surface area contributed by atoms with E-state index in [1.165, 1.54) is 24.4 Å².